The Kier molecular flexibility index (Phi) is 5.84. The summed E-state index contributed by atoms with van der Waals surface area (Å²) in [6.07, 6.45) is 2.43. The van der Waals surface area contributed by atoms with Crippen molar-refractivity contribution >= 4 is 17.5 Å². The lowest BCUT2D eigenvalue weighted by Gasteiger charge is -2.24. The van der Waals surface area contributed by atoms with Crippen LogP contribution in [0.2, 0.25) is 0 Å². The number of methoxy groups -OCH3 is 2. The monoisotopic (exact) mass is 320 g/mol. The zero-order chi connectivity index (χ0) is 16.8. The van der Waals surface area contributed by atoms with Crippen LogP contribution in [0.1, 0.15) is 26.2 Å². The smallest absolute Gasteiger partial charge is 0.224 e. The average Bonchev–Trinajstić information content (AvgIpc) is 3.09. The number of ether oxygens (including phenoxy) is 2. The van der Waals surface area contributed by atoms with E-state index >= 15 is 0 Å². The molecule has 23 heavy (non-hydrogen) atoms. The molecular weight excluding hydrogens is 296 g/mol. The maximum atomic E-state index is 12.2. The Labute approximate surface area is 137 Å². The van der Waals surface area contributed by atoms with E-state index in [0.717, 1.165) is 25.9 Å². The highest BCUT2D eigenvalue weighted by atomic mass is 16.5. The van der Waals surface area contributed by atoms with Gasteiger partial charge in [-0.25, -0.2) is 0 Å². The van der Waals surface area contributed by atoms with Crippen molar-refractivity contribution in [3.63, 3.8) is 0 Å². The second kappa shape index (κ2) is 7.85. The number of rotatable bonds is 6. The summed E-state index contributed by atoms with van der Waals surface area (Å²) in [7, 11) is 3.12. The Morgan fingerprint density at radius 1 is 1.17 bits per heavy atom. The van der Waals surface area contributed by atoms with Crippen molar-refractivity contribution in [2.24, 2.45) is 0 Å². The number of carbonyl (C=O) groups excluding carboxylic acids is 2. The van der Waals surface area contributed by atoms with Gasteiger partial charge in [-0.15, -0.1) is 0 Å². The molecule has 0 bridgehead atoms. The molecule has 0 saturated carbocycles. The van der Waals surface area contributed by atoms with Crippen molar-refractivity contribution in [2.45, 2.75) is 26.2 Å². The molecule has 0 spiro atoms. The van der Waals surface area contributed by atoms with Crippen LogP contribution in [0.15, 0.2) is 18.2 Å². The lowest BCUT2D eigenvalue weighted by molar-refractivity contribution is -0.129. The van der Waals surface area contributed by atoms with Gasteiger partial charge in [0.15, 0.2) is 0 Å². The van der Waals surface area contributed by atoms with Crippen molar-refractivity contribution < 1.29 is 19.1 Å². The molecule has 0 radical (unpaired) electrons. The van der Waals surface area contributed by atoms with Gasteiger partial charge in [-0.2, -0.15) is 0 Å². The standard InChI is InChI=1S/C17H24N2O4/c1-13(20)19(11-8-17(21)18-9-4-5-10-18)15-12-14(22-2)6-7-16(15)23-3/h6-7,12H,4-5,8-11H2,1-3H3. The van der Waals surface area contributed by atoms with E-state index in [9.17, 15) is 9.59 Å². The molecule has 1 aromatic carbocycles. The van der Waals surface area contributed by atoms with E-state index in [4.69, 9.17) is 9.47 Å². The van der Waals surface area contributed by atoms with Crippen molar-refractivity contribution in [2.75, 3.05) is 38.8 Å². The first-order valence-electron chi connectivity index (χ1n) is 7.84. The van der Waals surface area contributed by atoms with E-state index < -0.39 is 0 Å². The van der Waals surface area contributed by atoms with E-state index in [2.05, 4.69) is 0 Å². The summed E-state index contributed by atoms with van der Waals surface area (Å²) >= 11 is 0. The highest BCUT2D eigenvalue weighted by molar-refractivity contribution is 5.94. The van der Waals surface area contributed by atoms with Gasteiger partial charge in [-0.3, -0.25) is 9.59 Å². The van der Waals surface area contributed by atoms with Crippen LogP contribution in [-0.2, 0) is 9.59 Å². The van der Waals surface area contributed by atoms with E-state index in [0.29, 0.717) is 30.2 Å². The zero-order valence-corrected chi connectivity index (χ0v) is 14.0. The van der Waals surface area contributed by atoms with Crippen LogP contribution in [0.5, 0.6) is 11.5 Å². The third kappa shape index (κ3) is 4.15. The molecule has 2 rings (SSSR count). The molecule has 0 unspecified atom stereocenters. The Morgan fingerprint density at radius 2 is 1.87 bits per heavy atom. The van der Waals surface area contributed by atoms with Crippen molar-refractivity contribution in [1.82, 2.24) is 4.90 Å². The van der Waals surface area contributed by atoms with Gasteiger partial charge >= 0.3 is 0 Å². The molecule has 1 aliphatic rings. The molecular formula is C17H24N2O4. The minimum atomic E-state index is -0.134. The Bertz CT molecular complexity index is 568. The SMILES string of the molecule is COc1ccc(OC)c(N(CCC(=O)N2CCCC2)C(C)=O)c1. The average molecular weight is 320 g/mol. The lowest BCUT2D eigenvalue weighted by Crippen LogP contribution is -2.35. The number of nitrogens with zero attached hydrogens (tertiary/aromatic N) is 2. The van der Waals surface area contributed by atoms with Crippen LogP contribution in [0.25, 0.3) is 0 Å². The number of hydrogen-bond donors (Lipinski definition) is 0. The van der Waals surface area contributed by atoms with Gasteiger partial charge in [0.05, 0.1) is 19.9 Å². The maximum absolute atomic E-state index is 12.2. The first kappa shape index (κ1) is 17.1. The number of amides is 2. The Hall–Kier alpha value is -2.24. The maximum Gasteiger partial charge on any atom is 0.224 e. The van der Waals surface area contributed by atoms with Crippen LogP contribution in [-0.4, -0.2) is 50.6 Å². The predicted octanol–water partition coefficient (Wildman–Crippen LogP) is 2.07. The molecule has 0 aliphatic carbocycles. The van der Waals surface area contributed by atoms with Gasteiger partial charge < -0.3 is 19.3 Å². The molecule has 2 amide bonds. The molecule has 1 saturated heterocycles. The second-order valence-electron chi connectivity index (χ2n) is 5.55. The molecule has 1 aliphatic heterocycles. The molecule has 0 N–H and O–H groups in total. The predicted molar refractivity (Wildman–Crippen MR) is 88.0 cm³/mol. The molecule has 0 atom stereocenters. The number of likely N-dealkylation sites (tertiary alicyclic amines) is 1. The van der Waals surface area contributed by atoms with Gasteiger partial charge in [0.2, 0.25) is 11.8 Å². The highest BCUT2D eigenvalue weighted by Crippen LogP contribution is 2.32. The summed E-state index contributed by atoms with van der Waals surface area (Å²) in [6, 6.07) is 5.28. The number of hydrogen-bond acceptors (Lipinski definition) is 4. The summed E-state index contributed by atoms with van der Waals surface area (Å²) < 4.78 is 10.6. The molecule has 1 fully saturated rings. The normalized spacial score (nSPS) is 13.8. The van der Waals surface area contributed by atoms with Gasteiger partial charge in [0.25, 0.3) is 0 Å². The Morgan fingerprint density at radius 3 is 2.43 bits per heavy atom. The zero-order valence-electron chi connectivity index (χ0n) is 14.0. The van der Waals surface area contributed by atoms with Gasteiger partial charge in [0, 0.05) is 39.0 Å². The number of anilines is 1. The van der Waals surface area contributed by atoms with Crippen molar-refractivity contribution in [1.29, 1.82) is 0 Å². The largest absolute Gasteiger partial charge is 0.497 e. The van der Waals surface area contributed by atoms with Gasteiger partial charge in [0.1, 0.15) is 11.5 Å². The fraction of sp³-hybridized carbons (Fsp3) is 0.529. The van der Waals surface area contributed by atoms with Crippen LogP contribution >= 0.6 is 0 Å². The first-order valence-corrected chi connectivity index (χ1v) is 7.84. The third-order valence-corrected chi connectivity index (χ3v) is 4.06. The van der Waals surface area contributed by atoms with Crippen molar-refractivity contribution in [3.8, 4) is 11.5 Å². The van der Waals surface area contributed by atoms with Crippen molar-refractivity contribution in [3.05, 3.63) is 18.2 Å². The van der Waals surface area contributed by atoms with E-state index in [1.165, 1.54) is 6.92 Å². The minimum absolute atomic E-state index is 0.0932. The fourth-order valence-electron chi connectivity index (χ4n) is 2.79. The molecule has 6 heteroatoms. The highest BCUT2D eigenvalue weighted by Gasteiger charge is 2.22. The quantitative estimate of drug-likeness (QED) is 0.805. The van der Waals surface area contributed by atoms with E-state index in [1.807, 2.05) is 4.90 Å². The van der Waals surface area contributed by atoms with Gasteiger partial charge in [-0.1, -0.05) is 0 Å². The summed E-state index contributed by atoms with van der Waals surface area (Å²) in [4.78, 5) is 27.7. The third-order valence-electron chi connectivity index (χ3n) is 4.06. The van der Waals surface area contributed by atoms with Crippen LogP contribution < -0.4 is 14.4 Å². The second-order valence-corrected chi connectivity index (χ2v) is 5.55. The lowest BCUT2D eigenvalue weighted by atomic mass is 10.2. The molecule has 0 aromatic heterocycles. The van der Waals surface area contributed by atoms with E-state index in [1.54, 1.807) is 37.3 Å². The molecule has 6 nitrogen and oxygen atoms in total. The number of carbonyl (C=O) groups is 2. The minimum Gasteiger partial charge on any atom is -0.497 e. The van der Waals surface area contributed by atoms with Crippen LogP contribution in [0.4, 0.5) is 5.69 Å². The molecule has 1 aromatic rings. The summed E-state index contributed by atoms with van der Waals surface area (Å²) in [5, 5.41) is 0. The topological polar surface area (TPSA) is 59.1 Å². The molecule has 1 heterocycles. The van der Waals surface area contributed by atoms with E-state index in [-0.39, 0.29) is 11.8 Å². The van der Waals surface area contributed by atoms with Crippen LogP contribution in [0.3, 0.4) is 0 Å². The summed E-state index contributed by atoms with van der Waals surface area (Å²) in [5.74, 6) is 1.17. The fourth-order valence-corrected chi connectivity index (χ4v) is 2.79. The summed E-state index contributed by atoms with van der Waals surface area (Å²) in [5.41, 5.74) is 0.619. The number of benzene rings is 1. The molecule has 126 valence electrons. The van der Waals surface area contributed by atoms with Gasteiger partial charge in [-0.05, 0) is 25.0 Å². The summed E-state index contributed by atoms with van der Waals surface area (Å²) in [6.45, 7) is 3.45. The Balaban J connectivity index is 2.14. The first-order chi connectivity index (χ1) is 11.1. The van der Waals surface area contributed by atoms with Crippen LogP contribution in [0, 0.1) is 0 Å².